The standard InChI is InChI=1S/C20H33N/c1-5-17-9-11-18(12-10-17)19(21-6-2)20(15-16(3)4)13-7-8-14-20/h9-12,16,19,21H,5-8,13-15H2,1-4H3. The van der Waals surface area contributed by atoms with Crippen LogP contribution < -0.4 is 5.32 Å². The molecule has 1 atom stereocenters. The molecule has 0 heterocycles. The third-order valence-corrected chi connectivity index (χ3v) is 5.16. The fourth-order valence-corrected chi connectivity index (χ4v) is 4.34. The zero-order chi connectivity index (χ0) is 15.3. The summed E-state index contributed by atoms with van der Waals surface area (Å²) in [5, 5.41) is 3.82. The van der Waals surface area contributed by atoms with E-state index in [0.29, 0.717) is 11.5 Å². The Morgan fingerprint density at radius 3 is 2.14 bits per heavy atom. The SMILES string of the molecule is CCNC(c1ccc(CC)cc1)C1(CC(C)C)CCCC1. The van der Waals surface area contributed by atoms with Crippen molar-refractivity contribution >= 4 is 0 Å². The maximum absolute atomic E-state index is 3.82. The second-order valence-corrected chi connectivity index (χ2v) is 7.25. The maximum atomic E-state index is 3.82. The summed E-state index contributed by atoms with van der Waals surface area (Å²) in [5.41, 5.74) is 3.41. The third-order valence-electron chi connectivity index (χ3n) is 5.16. The van der Waals surface area contributed by atoms with Gasteiger partial charge in [0.1, 0.15) is 0 Å². The summed E-state index contributed by atoms with van der Waals surface area (Å²) >= 11 is 0. The fraction of sp³-hybridized carbons (Fsp3) is 0.700. The second kappa shape index (κ2) is 7.45. The van der Waals surface area contributed by atoms with E-state index in [1.54, 1.807) is 0 Å². The summed E-state index contributed by atoms with van der Waals surface area (Å²) in [7, 11) is 0. The van der Waals surface area contributed by atoms with Crippen LogP contribution in [0.5, 0.6) is 0 Å². The number of nitrogens with one attached hydrogen (secondary N) is 1. The average Bonchev–Trinajstić information content (AvgIpc) is 2.93. The summed E-state index contributed by atoms with van der Waals surface area (Å²) in [4.78, 5) is 0. The van der Waals surface area contributed by atoms with Crippen molar-refractivity contribution in [1.29, 1.82) is 0 Å². The molecule has 0 aromatic heterocycles. The van der Waals surface area contributed by atoms with Gasteiger partial charge in [0.2, 0.25) is 0 Å². The van der Waals surface area contributed by atoms with E-state index in [4.69, 9.17) is 0 Å². The van der Waals surface area contributed by atoms with Crippen molar-refractivity contribution in [3.63, 3.8) is 0 Å². The number of rotatable bonds is 7. The Morgan fingerprint density at radius 1 is 1.05 bits per heavy atom. The largest absolute Gasteiger partial charge is 0.310 e. The predicted molar refractivity (Wildman–Crippen MR) is 92.6 cm³/mol. The van der Waals surface area contributed by atoms with Crippen LogP contribution in [0.15, 0.2) is 24.3 Å². The third kappa shape index (κ3) is 3.88. The Kier molecular flexibility index (Phi) is 5.87. The topological polar surface area (TPSA) is 12.0 Å². The summed E-state index contributed by atoms with van der Waals surface area (Å²) in [6.07, 6.45) is 8.06. The number of hydrogen-bond donors (Lipinski definition) is 1. The molecule has 1 aromatic carbocycles. The van der Waals surface area contributed by atoms with Crippen molar-refractivity contribution in [3.8, 4) is 0 Å². The maximum Gasteiger partial charge on any atom is 0.0377 e. The van der Waals surface area contributed by atoms with Crippen molar-refractivity contribution < 1.29 is 0 Å². The van der Waals surface area contributed by atoms with Crippen molar-refractivity contribution in [1.82, 2.24) is 5.32 Å². The first-order chi connectivity index (χ1) is 10.1. The van der Waals surface area contributed by atoms with E-state index in [1.807, 2.05) is 0 Å². The lowest BCUT2D eigenvalue weighted by molar-refractivity contribution is 0.157. The van der Waals surface area contributed by atoms with Crippen molar-refractivity contribution in [3.05, 3.63) is 35.4 Å². The fourth-order valence-electron chi connectivity index (χ4n) is 4.34. The molecule has 1 unspecified atom stereocenters. The van der Waals surface area contributed by atoms with E-state index in [1.165, 1.54) is 43.2 Å². The highest BCUT2D eigenvalue weighted by atomic mass is 14.9. The Hall–Kier alpha value is -0.820. The Labute approximate surface area is 131 Å². The van der Waals surface area contributed by atoms with Gasteiger partial charge < -0.3 is 5.32 Å². The molecular weight excluding hydrogens is 254 g/mol. The molecule has 21 heavy (non-hydrogen) atoms. The minimum atomic E-state index is 0.470. The zero-order valence-corrected chi connectivity index (χ0v) is 14.4. The van der Waals surface area contributed by atoms with Gasteiger partial charge in [0.25, 0.3) is 0 Å². The van der Waals surface area contributed by atoms with Gasteiger partial charge in [0.15, 0.2) is 0 Å². The normalized spacial score (nSPS) is 19.1. The van der Waals surface area contributed by atoms with Crippen LogP contribution in [-0.2, 0) is 6.42 Å². The van der Waals surface area contributed by atoms with E-state index in [-0.39, 0.29) is 0 Å². The Bertz CT molecular complexity index is 412. The van der Waals surface area contributed by atoms with Crippen LogP contribution >= 0.6 is 0 Å². The number of benzene rings is 1. The Balaban J connectivity index is 2.30. The molecule has 0 aliphatic heterocycles. The van der Waals surface area contributed by atoms with E-state index in [2.05, 4.69) is 57.3 Å². The van der Waals surface area contributed by atoms with Crippen molar-refractivity contribution in [2.24, 2.45) is 11.3 Å². The van der Waals surface area contributed by atoms with Gasteiger partial charge in [-0.2, -0.15) is 0 Å². The second-order valence-electron chi connectivity index (χ2n) is 7.25. The van der Waals surface area contributed by atoms with Gasteiger partial charge in [-0.15, -0.1) is 0 Å². The van der Waals surface area contributed by atoms with Crippen LogP contribution in [0, 0.1) is 11.3 Å². The quantitative estimate of drug-likeness (QED) is 0.697. The van der Waals surface area contributed by atoms with E-state index in [0.717, 1.165) is 18.9 Å². The van der Waals surface area contributed by atoms with Crippen LogP contribution in [0.1, 0.15) is 77.0 Å². The van der Waals surface area contributed by atoms with Gasteiger partial charge in [-0.05, 0) is 54.7 Å². The molecule has 1 N–H and O–H groups in total. The molecule has 1 fully saturated rings. The smallest absolute Gasteiger partial charge is 0.0377 e. The van der Waals surface area contributed by atoms with E-state index >= 15 is 0 Å². The molecule has 0 amide bonds. The molecule has 1 heteroatoms. The minimum absolute atomic E-state index is 0.470. The lowest BCUT2D eigenvalue weighted by Gasteiger charge is -2.40. The van der Waals surface area contributed by atoms with Gasteiger partial charge >= 0.3 is 0 Å². The molecule has 2 rings (SSSR count). The number of aryl methyl sites for hydroxylation is 1. The van der Waals surface area contributed by atoms with Crippen molar-refractivity contribution in [2.75, 3.05) is 6.54 Å². The van der Waals surface area contributed by atoms with Crippen LogP contribution in [0.2, 0.25) is 0 Å². The molecular formula is C20H33N. The molecule has 1 aliphatic carbocycles. The molecule has 0 spiro atoms. The summed E-state index contributed by atoms with van der Waals surface area (Å²) in [5.74, 6) is 0.777. The molecule has 118 valence electrons. The summed E-state index contributed by atoms with van der Waals surface area (Å²) in [6.45, 7) is 10.3. The molecule has 0 radical (unpaired) electrons. The predicted octanol–water partition coefficient (Wildman–Crippen LogP) is 5.51. The molecule has 1 aromatic rings. The first kappa shape index (κ1) is 16.5. The molecule has 1 aliphatic rings. The molecule has 0 saturated heterocycles. The zero-order valence-electron chi connectivity index (χ0n) is 14.4. The monoisotopic (exact) mass is 287 g/mol. The van der Waals surface area contributed by atoms with Crippen molar-refractivity contribution in [2.45, 2.75) is 72.3 Å². The first-order valence-corrected chi connectivity index (χ1v) is 8.93. The van der Waals surface area contributed by atoms with Crippen LogP contribution in [0.25, 0.3) is 0 Å². The highest BCUT2D eigenvalue weighted by Crippen LogP contribution is 2.51. The van der Waals surface area contributed by atoms with Gasteiger partial charge in [-0.3, -0.25) is 0 Å². The van der Waals surface area contributed by atoms with Gasteiger partial charge in [0, 0.05) is 6.04 Å². The Morgan fingerprint density at radius 2 is 1.67 bits per heavy atom. The minimum Gasteiger partial charge on any atom is -0.310 e. The molecule has 0 bridgehead atoms. The van der Waals surface area contributed by atoms with E-state index in [9.17, 15) is 0 Å². The highest BCUT2D eigenvalue weighted by Gasteiger charge is 2.41. The lowest BCUT2D eigenvalue weighted by Crippen LogP contribution is -2.37. The average molecular weight is 287 g/mol. The number of hydrogen-bond acceptors (Lipinski definition) is 1. The van der Waals surface area contributed by atoms with Crippen LogP contribution in [0.3, 0.4) is 0 Å². The summed E-state index contributed by atoms with van der Waals surface area (Å²) < 4.78 is 0. The van der Waals surface area contributed by atoms with Crippen LogP contribution in [0.4, 0.5) is 0 Å². The summed E-state index contributed by atoms with van der Waals surface area (Å²) in [6, 6.07) is 9.90. The van der Waals surface area contributed by atoms with E-state index < -0.39 is 0 Å². The molecule has 1 saturated carbocycles. The molecule has 1 nitrogen and oxygen atoms in total. The highest BCUT2D eigenvalue weighted by molar-refractivity contribution is 5.27. The van der Waals surface area contributed by atoms with Crippen LogP contribution in [-0.4, -0.2) is 6.54 Å². The first-order valence-electron chi connectivity index (χ1n) is 8.93. The van der Waals surface area contributed by atoms with Gasteiger partial charge in [-0.25, -0.2) is 0 Å². The van der Waals surface area contributed by atoms with Gasteiger partial charge in [0.05, 0.1) is 0 Å². The lowest BCUT2D eigenvalue weighted by atomic mass is 9.70. The van der Waals surface area contributed by atoms with Gasteiger partial charge in [-0.1, -0.05) is 64.8 Å².